The van der Waals surface area contributed by atoms with E-state index in [4.69, 9.17) is 9.47 Å². The van der Waals surface area contributed by atoms with Crippen LogP contribution in [0.1, 0.15) is 36.2 Å². The minimum absolute atomic E-state index is 0.0156. The van der Waals surface area contributed by atoms with Gasteiger partial charge in [0.05, 0.1) is 4.90 Å². The van der Waals surface area contributed by atoms with Gasteiger partial charge in [-0.15, -0.1) is 0 Å². The maximum Gasteiger partial charge on any atom is 0.251 e. The molecule has 0 saturated carbocycles. The van der Waals surface area contributed by atoms with E-state index in [1.807, 2.05) is 13.8 Å². The van der Waals surface area contributed by atoms with Gasteiger partial charge in [0.2, 0.25) is 16.8 Å². The van der Waals surface area contributed by atoms with Gasteiger partial charge < -0.3 is 14.8 Å². The Bertz CT molecular complexity index is 943. The minimum Gasteiger partial charge on any atom is -0.454 e. The first-order valence-electron chi connectivity index (χ1n) is 8.68. The Kier molecular flexibility index (Phi) is 5.67. The second-order valence-corrected chi connectivity index (χ2v) is 8.09. The van der Waals surface area contributed by atoms with Gasteiger partial charge in [0, 0.05) is 18.2 Å². The molecule has 0 saturated heterocycles. The molecular weight excluding hydrogens is 368 g/mol. The molecule has 8 heteroatoms. The number of fused-ring (bicyclic) bond motifs is 1. The predicted molar refractivity (Wildman–Crippen MR) is 100 cm³/mol. The topological polar surface area (TPSA) is 93.7 Å². The van der Waals surface area contributed by atoms with Gasteiger partial charge in [-0.05, 0) is 49.2 Å². The van der Waals surface area contributed by atoms with Crippen molar-refractivity contribution >= 4 is 15.9 Å². The van der Waals surface area contributed by atoms with E-state index in [9.17, 15) is 13.2 Å². The van der Waals surface area contributed by atoms with Gasteiger partial charge in [-0.3, -0.25) is 4.79 Å². The van der Waals surface area contributed by atoms with E-state index in [1.165, 1.54) is 12.1 Å². The number of rotatable bonds is 7. The highest BCUT2D eigenvalue weighted by molar-refractivity contribution is 7.89. The summed E-state index contributed by atoms with van der Waals surface area (Å²) in [7, 11) is -3.76. The normalized spacial score (nSPS) is 14.0. The number of carbonyl (C=O) groups excluding carboxylic acids is 1. The molecule has 7 nitrogen and oxygen atoms in total. The third-order valence-corrected chi connectivity index (χ3v) is 5.70. The second kappa shape index (κ2) is 7.98. The molecule has 144 valence electrons. The second-order valence-electron chi connectivity index (χ2n) is 6.32. The van der Waals surface area contributed by atoms with E-state index in [1.54, 1.807) is 30.3 Å². The highest BCUT2D eigenvalue weighted by atomic mass is 32.2. The average Bonchev–Trinajstić information content (AvgIpc) is 3.14. The lowest BCUT2D eigenvalue weighted by Gasteiger charge is -2.12. The number of benzene rings is 2. The zero-order valence-electron chi connectivity index (χ0n) is 15.2. The third kappa shape index (κ3) is 4.58. The summed E-state index contributed by atoms with van der Waals surface area (Å²) in [4.78, 5) is 12.3. The fraction of sp³-hybridized carbons (Fsp3) is 0.316. The highest BCUT2D eigenvalue weighted by Crippen LogP contribution is 2.32. The van der Waals surface area contributed by atoms with Gasteiger partial charge in [-0.1, -0.05) is 19.1 Å². The number of amides is 1. The lowest BCUT2D eigenvalue weighted by Crippen LogP contribution is -2.32. The molecule has 1 aliphatic rings. The van der Waals surface area contributed by atoms with Crippen LogP contribution in [0.4, 0.5) is 0 Å². The van der Waals surface area contributed by atoms with Crippen LogP contribution in [0, 0.1) is 0 Å². The van der Waals surface area contributed by atoms with Crippen molar-refractivity contribution in [3.8, 4) is 11.5 Å². The molecule has 2 aromatic carbocycles. The van der Waals surface area contributed by atoms with E-state index in [-0.39, 0.29) is 30.2 Å². The maximum absolute atomic E-state index is 12.6. The monoisotopic (exact) mass is 390 g/mol. The molecule has 0 radical (unpaired) electrons. The minimum atomic E-state index is -3.76. The van der Waals surface area contributed by atoms with Crippen LogP contribution in [0.5, 0.6) is 11.5 Å². The number of sulfonamides is 1. The maximum atomic E-state index is 12.6. The Morgan fingerprint density at radius 1 is 1.15 bits per heavy atom. The molecule has 0 fully saturated rings. The largest absolute Gasteiger partial charge is 0.454 e. The van der Waals surface area contributed by atoms with Gasteiger partial charge in [0.1, 0.15) is 0 Å². The third-order valence-electron chi connectivity index (χ3n) is 4.30. The molecule has 2 N–H and O–H groups in total. The molecule has 0 aromatic heterocycles. The van der Waals surface area contributed by atoms with Crippen molar-refractivity contribution in [1.82, 2.24) is 10.0 Å². The van der Waals surface area contributed by atoms with Crippen LogP contribution in [0.3, 0.4) is 0 Å². The number of nitrogens with one attached hydrogen (secondary N) is 2. The molecule has 27 heavy (non-hydrogen) atoms. The summed E-state index contributed by atoms with van der Waals surface area (Å²) in [6.07, 6.45) is 0.792. The van der Waals surface area contributed by atoms with Crippen LogP contribution < -0.4 is 19.5 Å². The fourth-order valence-corrected chi connectivity index (χ4v) is 3.59. The summed E-state index contributed by atoms with van der Waals surface area (Å²) in [5, 5.41) is 2.83. The van der Waals surface area contributed by atoms with Gasteiger partial charge >= 0.3 is 0 Å². The van der Waals surface area contributed by atoms with Crippen molar-refractivity contribution in [3.05, 3.63) is 53.6 Å². The van der Waals surface area contributed by atoms with E-state index < -0.39 is 10.0 Å². The Morgan fingerprint density at radius 3 is 2.70 bits per heavy atom. The molecular formula is C19H22N2O5S. The highest BCUT2D eigenvalue weighted by Gasteiger charge is 2.18. The molecule has 1 unspecified atom stereocenters. The van der Waals surface area contributed by atoms with Crippen LogP contribution in [-0.4, -0.2) is 27.2 Å². The fourth-order valence-electron chi connectivity index (χ4n) is 2.53. The van der Waals surface area contributed by atoms with Crippen LogP contribution in [-0.2, 0) is 16.6 Å². The molecule has 1 heterocycles. The molecule has 0 spiro atoms. The standard InChI is InChI=1S/C19H22N2O5S/c1-3-13(2)21-19(22)15-5-4-6-16(10-15)27(23,24)20-11-14-7-8-17-18(9-14)26-12-25-17/h4-10,13,20H,3,11-12H2,1-2H3,(H,21,22). The Hall–Kier alpha value is -2.58. The van der Waals surface area contributed by atoms with Crippen LogP contribution in [0.2, 0.25) is 0 Å². The molecule has 0 aliphatic carbocycles. The smallest absolute Gasteiger partial charge is 0.251 e. The van der Waals surface area contributed by atoms with Crippen molar-refractivity contribution in [2.45, 2.75) is 37.8 Å². The first-order valence-corrected chi connectivity index (χ1v) is 10.2. The Morgan fingerprint density at radius 2 is 1.93 bits per heavy atom. The van der Waals surface area contributed by atoms with Gasteiger partial charge in [-0.25, -0.2) is 13.1 Å². The van der Waals surface area contributed by atoms with Crippen LogP contribution >= 0.6 is 0 Å². The lowest BCUT2D eigenvalue weighted by atomic mass is 10.2. The Balaban J connectivity index is 1.71. The number of carbonyl (C=O) groups is 1. The molecule has 1 atom stereocenters. The van der Waals surface area contributed by atoms with Gasteiger partial charge in [-0.2, -0.15) is 0 Å². The summed E-state index contributed by atoms with van der Waals surface area (Å²) in [6, 6.07) is 11.2. The molecule has 0 bridgehead atoms. The molecule has 1 amide bonds. The summed E-state index contributed by atoms with van der Waals surface area (Å²) < 4.78 is 38.3. The van der Waals surface area contributed by atoms with E-state index in [0.717, 1.165) is 12.0 Å². The van der Waals surface area contributed by atoms with Crippen molar-refractivity contribution in [3.63, 3.8) is 0 Å². The van der Waals surface area contributed by atoms with Crippen molar-refractivity contribution in [1.29, 1.82) is 0 Å². The summed E-state index contributed by atoms with van der Waals surface area (Å²) in [6.45, 7) is 4.12. The van der Waals surface area contributed by atoms with Crippen molar-refractivity contribution in [2.75, 3.05) is 6.79 Å². The zero-order valence-corrected chi connectivity index (χ0v) is 16.0. The van der Waals surface area contributed by atoms with Gasteiger partial charge in [0.25, 0.3) is 5.91 Å². The van der Waals surface area contributed by atoms with Crippen LogP contribution in [0.25, 0.3) is 0 Å². The molecule has 1 aliphatic heterocycles. The summed E-state index contributed by atoms with van der Waals surface area (Å²) in [5.41, 5.74) is 1.05. The van der Waals surface area contributed by atoms with Crippen molar-refractivity contribution < 1.29 is 22.7 Å². The van der Waals surface area contributed by atoms with Crippen LogP contribution in [0.15, 0.2) is 47.4 Å². The predicted octanol–water partition coefficient (Wildman–Crippen LogP) is 2.42. The van der Waals surface area contributed by atoms with Crippen molar-refractivity contribution in [2.24, 2.45) is 0 Å². The zero-order chi connectivity index (χ0) is 19.4. The summed E-state index contributed by atoms with van der Waals surface area (Å²) >= 11 is 0. The van der Waals surface area contributed by atoms with E-state index in [2.05, 4.69) is 10.0 Å². The first kappa shape index (κ1) is 19.2. The van der Waals surface area contributed by atoms with E-state index in [0.29, 0.717) is 17.1 Å². The van der Waals surface area contributed by atoms with Gasteiger partial charge in [0.15, 0.2) is 11.5 Å². The van der Waals surface area contributed by atoms with E-state index >= 15 is 0 Å². The lowest BCUT2D eigenvalue weighted by molar-refractivity contribution is 0.0939. The number of hydrogen-bond donors (Lipinski definition) is 2. The summed E-state index contributed by atoms with van der Waals surface area (Å²) in [5.74, 6) is 0.939. The quantitative estimate of drug-likeness (QED) is 0.757. The average molecular weight is 390 g/mol. The first-order chi connectivity index (χ1) is 12.9. The SMILES string of the molecule is CCC(C)NC(=O)c1cccc(S(=O)(=O)NCc2ccc3c(c2)OCO3)c1. The molecule has 2 aromatic rings. The molecule has 3 rings (SSSR count). The number of ether oxygens (including phenoxy) is 2. The Labute approximate surface area is 158 Å². The number of hydrogen-bond acceptors (Lipinski definition) is 5.